The number of nitrogens with zero attached hydrogens (tertiary/aromatic N) is 2. The summed E-state index contributed by atoms with van der Waals surface area (Å²) >= 11 is 0. The van der Waals surface area contributed by atoms with Crippen molar-refractivity contribution in [3.05, 3.63) is 107 Å². The van der Waals surface area contributed by atoms with Gasteiger partial charge in [-0.2, -0.15) is 0 Å². The maximum Gasteiger partial charge on any atom is 0.252 e. The maximum atomic E-state index is 13.7. The zero-order valence-corrected chi connectivity index (χ0v) is 18.5. The molecule has 1 saturated heterocycles. The monoisotopic (exact) mass is 435 g/mol. The molecule has 3 heterocycles. The van der Waals surface area contributed by atoms with E-state index < -0.39 is 5.54 Å². The SMILES string of the molecule is Cn1c2c(c3ccccc31)CCN1C(=O)C(Cc3ccccc3)(NC(=O)c3ccccc3)C21. The topological polar surface area (TPSA) is 54.3 Å². The minimum Gasteiger partial charge on any atom is -0.345 e. The van der Waals surface area contributed by atoms with Crippen molar-refractivity contribution in [2.75, 3.05) is 6.54 Å². The summed E-state index contributed by atoms with van der Waals surface area (Å²) in [6.45, 7) is 0.669. The summed E-state index contributed by atoms with van der Waals surface area (Å²) in [7, 11) is 2.07. The Morgan fingerprint density at radius 1 is 0.970 bits per heavy atom. The Morgan fingerprint density at radius 2 is 1.64 bits per heavy atom. The molecule has 2 unspecified atom stereocenters. The van der Waals surface area contributed by atoms with E-state index in [1.165, 1.54) is 10.9 Å². The summed E-state index contributed by atoms with van der Waals surface area (Å²) in [6, 6.07) is 27.3. The van der Waals surface area contributed by atoms with Crippen LogP contribution in [-0.4, -0.2) is 33.4 Å². The molecule has 1 N–H and O–H groups in total. The first-order valence-electron chi connectivity index (χ1n) is 11.4. The first-order valence-corrected chi connectivity index (χ1v) is 11.4. The van der Waals surface area contributed by atoms with Crippen molar-refractivity contribution in [1.29, 1.82) is 0 Å². The number of rotatable bonds is 4. The summed E-state index contributed by atoms with van der Waals surface area (Å²) in [6.07, 6.45) is 1.28. The summed E-state index contributed by atoms with van der Waals surface area (Å²) in [5, 5.41) is 4.45. The van der Waals surface area contributed by atoms with E-state index in [2.05, 4.69) is 35.1 Å². The highest BCUT2D eigenvalue weighted by Gasteiger charge is 2.64. The second kappa shape index (κ2) is 7.34. The smallest absolute Gasteiger partial charge is 0.252 e. The Hall–Kier alpha value is -3.86. The van der Waals surface area contributed by atoms with E-state index >= 15 is 0 Å². The first kappa shape index (κ1) is 19.8. The van der Waals surface area contributed by atoms with Gasteiger partial charge in [-0.15, -0.1) is 0 Å². The summed E-state index contributed by atoms with van der Waals surface area (Å²) in [4.78, 5) is 29.0. The molecular weight excluding hydrogens is 410 g/mol. The van der Waals surface area contributed by atoms with Crippen LogP contribution >= 0.6 is 0 Å². The third-order valence-electron chi connectivity index (χ3n) is 7.24. The van der Waals surface area contributed by atoms with E-state index in [0.717, 1.165) is 23.2 Å². The van der Waals surface area contributed by atoms with Crippen LogP contribution in [0.1, 0.15) is 33.2 Å². The number of hydrogen-bond donors (Lipinski definition) is 1. The second-order valence-electron chi connectivity index (χ2n) is 9.04. The van der Waals surface area contributed by atoms with E-state index in [-0.39, 0.29) is 17.9 Å². The summed E-state index contributed by atoms with van der Waals surface area (Å²) in [5.74, 6) is -0.220. The number of nitrogens with one attached hydrogen (secondary N) is 1. The van der Waals surface area contributed by atoms with Crippen LogP contribution in [0.4, 0.5) is 0 Å². The molecule has 33 heavy (non-hydrogen) atoms. The van der Waals surface area contributed by atoms with E-state index in [1.807, 2.05) is 59.5 Å². The van der Waals surface area contributed by atoms with Crippen molar-refractivity contribution in [1.82, 2.24) is 14.8 Å². The fourth-order valence-corrected chi connectivity index (χ4v) is 5.76. The van der Waals surface area contributed by atoms with Crippen LogP contribution < -0.4 is 5.32 Å². The number of fused-ring (bicyclic) bond motifs is 5. The van der Waals surface area contributed by atoms with Gasteiger partial charge in [0.2, 0.25) is 0 Å². The molecular formula is C28H25N3O2. The fourth-order valence-electron chi connectivity index (χ4n) is 5.76. The molecule has 2 amide bonds. The number of carbonyl (C=O) groups excluding carboxylic acids is 2. The highest BCUT2D eigenvalue weighted by atomic mass is 16.2. The lowest BCUT2D eigenvalue weighted by atomic mass is 9.69. The first-order chi connectivity index (χ1) is 16.1. The Kier molecular flexibility index (Phi) is 4.40. The zero-order chi connectivity index (χ0) is 22.6. The van der Waals surface area contributed by atoms with Gasteiger partial charge in [-0.25, -0.2) is 0 Å². The number of aromatic nitrogens is 1. The Bertz CT molecular complexity index is 1380. The Labute approximate surface area is 192 Å². The van der Waals surface area contributed by atoms with Crippen molar-refractivity contribution in [3.8, 4) is 0 Å². The van der Waals surface area contributed by atoms with Gasteiger partial charge in [-0.05, 0) is 35.7 Å². The van der Waals surface area contributed by atoms with Crippen LogP contribution in [0.15, 0.2) is 84.9 Å². The number of para-hydroxylation sites is 1. The lowest BCUT2D eigenvalue weighted by Crippen LogP contribution is -2.77. The number of aryl methyl sites for hydroxylation is 1. The Balaban J connectivity index is 1.50. The van der Waals surface area contributed by atoms with Crippen LogP contribution in [0, 0.1) is 0 Å². The predicted octanol–water partition coefficient (Wildman–Crippen LogP) is 4.03. The van der Waals surface area contributed by atoms with Gasteiger partial charge in [0.15, 0.2) is 0 Å². The molecule has 1 fully saturated rings. The maximum absolute atomic E-state index is 13.7. The Morgan fingerprint density at radius 3 is 2.39 bits per heavy atom. The molecule has 6 rings (SSSR count). The number of β-lactam (4-membered cyclic amide) rings is 1. The van der Waals surface area contributed by atoms with Gasteiger partial charge in [0.25, 0.3) is 11.8 Å². The molecule has 164 valence electrons. The van der Waals surface area contributed by atoms with Gasteiger partial charge in [0, 0.05) is 42.2 Å². The van der Waals surface area contributed by atoms with Gasteiger partial charge in [0.1, 0.15) is 11.6 Å². The number of benzene rings is 3. The highest BCUT2D eigenvalue weighted by Crippen LogP contribution is 2.50. The molecule has 4 aromatic rings. The molecule has 0 saturated carbocycles. The fraction of sp³-hybridized carbons (Fsp3) is 0.214. The average Bonchev–Trinajstić information content (AvgIpc) is 3.15. The largest absolute Gasteiger partial charge is 0.345 e. The standard InChI is InChI=1S/C28H25N3O2/c1-30-23-15-9-8-14-21(23)22-16-17-31-25(24(22)30)28(27(31)33,18-19-10-4-2-5-11-19)29-26(32)20-12-6-3-7-13-20/h2-15,25H,16-18H2,1H3,(H,29,32). The molecule has 2 atom stereocenters. The number of hydrogen-bond acceptors (Lipinski definition) is 2. The van der Waals surface area contributed by atoms with Crippen LogP contribution in [0.5, 0.6) is 0 Å². The average molecular weight is 436 g/mol. The van der Waals surface area contributed by atoms with E-state index in [1.54, 1.807) is 12.1 Å². The van der Waals surface area contributed by atoms with E-state index in [9.17, 15) is 9.59 Å². The molecule has 2 aliphatic rings. The minimum absolute atomic E-state index is 0.00320. The van der Waals surface area contributed by atoms with Gasteiger partial charge in [-0.3, -0.25) is 9.59 Å². The van der Waals surface area contributed by atoms with Crippen molar-refractivity contribution in [2.24, 2.45) is 7.05 Å². The van der Waals surface area contributed by atoms with Crippen LogP contribution in [0.2, 0.25) is 0 Å². The van der Waals surface area contributed by atoms with Crippen LogP contribution in [0.3, 0.4) is 0 Å². The third-order valence-corrected chi connectivity index (χ3v) is 7.24. The van der Waals surface area contributed by atoms with Gasteiger partial charge >= 0.3 is 0 Å². The van der Waals surface area contributed by atoms with Crippen LogP contribution in [0.25, 0.3) is 10.9 Å². The molecule has 5 nitrogen and oxygen atoms in total. The molecule has 0 spiro atoms. The van der Waals surface area contributed by atoms with Gasteiger partial charge in [-0.1, -0.05) is 66.7 Å². The number of amides is 2. The second-order valence-corrected chi connectivity index (χ2v) is 9.04. The van der Waals surface area contributed by atoms with Gasteiger partial charge in [0.05, 0.1) is 0 Å². The van der Waals surface area contributed by atoms with Crippen LogP contribution in [-0.2, 0) is 24.7 Å². The predicted molar refractivity (Wildman–Crippen MR) is 128 cm³/mol. The quantitative estimate of drug-likeness (QED) is 0.492. The summed E-state index contributed by atoms with van der Waals surface area (Å²) < 4.78 is 2.21. The van der Waals surface area contributed by atoms with Crippen molar-refractivity contribution >= 4 is 22.7 Å². The minimum atomic E-state index is -1.02. The van der Waals surface area contributed by atoms with Crippen molar-refractivity contribution in [2.45, 2.75) is 24.4 Å². The zero-order valence-electron chi connectivity index (χ0n) is 18.5. The molecule has 5 heteroatoms. The lowest BCUT2D eigenvalue weighted by Gasteiger charge is -2.58. The third kappa shape index (κ3) is 2.85. The molecule has 0 bridgehead atoms. The van der Waals surface area contributed by atoms with Crippen molar-refractivity contribution < 1.29 is 9.59 Å². The summed E-state index contributed by atoms with van der Waals surface area (Å²) in [5.41, 5.74) is 4.14. The lowest BCUT2D eigenvalue weighted by molar-refractivity contribution is -0.164. The molecule has 3 aromatic carbocycles. The normalized spacial score (nSPS) is 21.3. The van der Waals surface area contributed by atoms with E-state index in [4.69, 9.17) is 0 Å². The van der Waals surface area contributed by atoms with Gasteiger partial charge < -0.3 is 14.8 Å². The van der Waals surface area contributed by atoms with E-state index in [0.29, 0.717) is 18.5 Å². The molecule has 0 radical (unpaired) electrons. The number of carbonyl (C=O) groups is 2. The molecule has 1 aromatic heterocycles. The highest BCUT2D eigenvalue weighted by molar-refractivity contribution is 6.04. The van der Waals surface area contributed by atoms with Crippen molar-refractivity contribution in [3.63, 3.8) is 0 Å². The molecule has 0 aliphatic carbocycles. The molecule has 2 aliphatic heterocycles.